The predicted molar refractivity (Wildman–Crippen MR) is 85.8 cm³/mol. The number of aromatic nitrogens is 1. The van der Waals surface area contributed by atoms with Crippen molar-refractivity contribution in [2.45, 2.75) is 41.0 Å². The Kier molecular flexibility index (Phi) is 4.27. The van der Waals surface area contributed by atoms with Gasteiger partial charge in [0, 0.05) is 16.7 Å². The van der Waals surface area contributed by atoms with E-state index in [4.69, 9.17) is 0 Å². The molecule has 0 aliphatic carbocycles. The second-order valence-corrected chi connectivity index (χ2v) is 6.41. The van der Waals surface area contributed by atoms with Crippen molar-refractivity contribution in [1.29, 1.82) is 0 Å². The first-order valence-electron chi connectivity index (χ1n) is 7.45. The Morgan fingerprint density at radius 2 is 1.70 bits per heavy atom. The predicted octanol–water partition coefficient (Wildman–Crippen LogP) is 4.30. The first kappa shape index (κ1) is 14.8. The van der Waals surface area contributed by atoms with Crippen molar-refractivity contribution >= 4 is 0 Å². The van der Waals surface area contributed by atoms with Gasteiger partial charge in [-0.15, -0.1) is 0 Å². The van der Waals surface area contributed by atoms with E-state index in [-0.39, 0.29) is 0 Å². The van der Waals surface area contributed by atoms with E-state index in [0.717, 1.165) is 6.42 Å². The van der Waals surface area contributed by atoms with Gasteiger partial charge in [-0.25, -0.2) is 4.57 Å². The second kappa shape index (κ2) is 5.78. The summed E-state index contributed by atoms with van der Waals surface area (Å²) in [5.41, 5.74) is 8.12. The lowest BCUT2D eigenvalue weighted by Crippen LogP contribution is -2.32. The molecule has 0 bridgehead atoms. The highest BCUT2D eigenvalue weighted by Crippen LogP contribution is 2.25. The summed E-state index contributed by atoms with van der Waals surface area (Å²) in [6, 6.07) is 9.16. The van der Waals surface area contributed by atoms with E-state index in [2.05, 4.69) is 76.7 Å². The van der Waals surface area contributed by atoms with Crippen molar-refractivity contribution in [3.05, 3.63) is 52.7 Å². The van der Waals surface area contributed by atoms with Crippen LogP contribution in [0.15, 0.2) is 30.5 Å². The van der Waals surface area contributed by atoms with Crippen LogP contribution < -0.4 is 4.57 Å². The van der Waals surface area contributed by atoms with Gasteiger partial charge in [0.2, 0.25) is 5.69 Å². The standard InChI is InChI=1S/C19H26N/c1-13(2)9-17-7-8-18(15(4)11-17)19-16(5)10-14(3)12-20(19)6/h7-8,10-13H,9H2,1-6H3/q+1. The normalized spacial score (nSPS) is 11.2. The van der Waals surface area contributed by atoms with Gasteiger partial charge in [0.25, 0.3) is 0 Å². The Hall–Kier alpha value is -1.63. The van der Waals surface area contributed by atoms with Gasteiger partial charge in [-0.2, -0.15) is 0 Å². The molecule has 0 aliphatic rings. The first-order chi connectivity index (χ1) is 9.38. The van der Waals surface area contributed by atoms with Crippen molar-refractivity contribution in [3.63, 3.8) is 0 Å². The molecule has 0 atom stereocenters. The highest BCUT2D eigenvalue weighted by atomic mass is 14.9. The zero-order chi connectivity index (χ0) is 14.9. The first-order valence-corrected chi connectivity index (χ1v) is 7.45. The molecule has 0 fully saturated rings. The molecule has 1 aromatic heterocycles. The van der Waals surface area contributed by atoms with Gasteiger partial charge < -0.3 is 0 Å². The number of nitrogens with zero attached hydrogens (tertiary/aromatic N) is 1. The number of pyridine rings is 1. The Bertz CT molecular complexity index is 601. The molecule has 1 aromatic carbocycles. The molecular weight excluding hydrogens is 242 g/mol. The van der Waals surface area contributed by atoms with Crippen LogP contribution in [0.5, 0.6) is 0 Å². The summed E-state index contributed by atoms with van der Waals surface area (Å²) in [5, 5.41) is 0. The van der Waals surface area contributed by atoms with Gasteiger partial charge in [-0.1, -0.05) is 26.0 Å². The molecule has 0 unspecified atom stereocenters. The fourth-order valence-corrected chi connectivity index (χ4v) is 3.09. The van der Waals surface area contributed by atoms with Crippen molar-refractivity contribution in [2.24, 2.45) is 13.0 Å². The summed E-state index contributed by atoms with van der Waals surface area (Å²) in [6.07, 6.45) is 3.35. The van der Waals surface area contributed by atoms with Gasteiger partial charge in [-0.05, 0) is 56.4 Å². The maximum Gasteiger partial charge on any atom is 0.215 e. The smallest absolute Gasteiger partial charge is 0.201 e. The quantitative estimate of drug-likeness (QED) is 0.731. The molecule has 0 spiro atoms. The van der Waals surface area contributed by atoms with Gasteiger partial charge in [0.1, 0.15) is 7.05 Å². The molecule has 0 aliphatic heterocycles. The van der Waals surface area contributed by atoms with Crippen LogP contribution in [0, 0.1) is 26.7 Å². The molecule has 0 N–H and O–H groups in total. The number of benzene rings is 1. The van der Waals surface area contributed by atoms with Crippen LogP contribution in [0.25, 0.3) is 11.3 Å². The van der Waals surface area contributed by atoms with E-state index < -0.39 is 0 Å². The summed E-state index contributed by atoms with van der Waals surface area (Å²) in [6.45, 7) is 11.1. The van der Waals surface area contributed by atoms with Crippen LogP contribution in [-0.4, -0.2) is 0 Å². The lowest BCUT2D eigenvalue weighted by atomic mass is 9.95. The molecule has 1 nitrogen and oxygen atoms in total. The third-order valence-electron chi connectivity index (χ3n) is 3.76. The van der Waals surface area contributed by atoms with Crippen LogP contribution in [0.3, 0.4) is 0 Å². The molecule has 2 aromatic rings. The number of hydrogen-bond donors (Lipinski definition) is 0. The lowest BCUT2D eigenvalue weighted by Gasteiger charge is -2.11. The Morgan fingerprint density at radius 1 is 1.00 bits per heavy atom. The van der Waals surface area contributed by atoms with Crippen LogP contribution in [0.2, 0.25) is 0 Å². The minimum atomic E-state index is 0.706. The minimum absolute atomic E-state index is 0.706. The number of aryl methyl sites for hydroxylation is 4. The minimum Gasteiger partial charge on any atom is -0.201 e. The molecule has 106 valence electrons. The van der Waals surface area contributed by atoms with Crippen molar-refractivity contribution in [1.82, 2.24) is 0 Å². The Balaban J connectivity index is 2.49. The highest BCUT2D eigenvalue weighted by molar-refractivity contribution is 5.64. The van der Waals surface area contributed by atoms with E-state index in [1.807, 2.05) is 0 Å². The fourth-order valence-electron chi connectivity index (χ4n) is 3.09. The van der Waals surface area contributed by atoms with Gasteiger partial charge in [0.05, 0.1) is 0 Å². The topological polar surface area (TPSA) is 3.88 Å². The molecule has 0 amide bonds. The lowest BCUT2D eigenvalue weighted by molar-refractivity contribution is -0.661. The zero-order valence-electron chi connectivity index (χ0n) is 13.6. The monoisotopic (exact) mass is 268 g/mol. The van der Waals surface area contributed by atoms with Crippen LogP contribution in [0.4, 0.5) is 0 Å². The molecule has 1 heterocycles. The summed E-state index contributed by atoms with van der Waals surface area (Å²) in [5.74, 6) is 0.706. The number of rotatable bonds is 3. The third-order valence-corrected chi connectivity index (χ3v) is 3.76. The summed E-state index contributed by atoms with van der Waals surface area (Å²) in [4.78, 5) is 0. The van der Waals surface area contributed by atoms with Gasteiger partial charge >= 0.3 is 0 Å². The Labute approximate surface area is 123 Å². The van der Waals surface area contributed by atoms with Crippen LogP contribution in [-0.2, 0) is 13.5 Å². The van der Waals surface area contributed by atoms with E-state index in [0.29, 0.717) is 5.92 Å². The average Bonchev–Trinajstić information content (AvgIpc) is 2.29. The molecule has 0 saturated heterocycles. The van der Waals surface area contributed by atoms with E-state index in [9.17, 15) is 0 Å². The molecule has 2 rings (SSSR count). The summed E-state index contributed by atoms with van der Waals surface area (Å²) < 4.78 is 2.25. The van der Waals surface area contributed by atoms with E-state index in [1.165, 1.54) is 33.5 Å². The SMILES string of the molecule is Cc1cc(C)c(-c2ccc(CC(C)C)cc2C)[n+](C)c1. The highest BCUT2D eigenvalue weighted by Gasteiger charge is 2.16. The second-order valence-electron chi connectivity index (χ2n) is 6.41. The molecule has 20 heavy (non-hydrogen) atoms. The average molecular weight is 268 g/mol. The number of hydrogen-bond acceptors (Lipinski definition) is 0. The maximum atomic E-state index is 2.34. The van der Waals surface area contributed by atoms with Crippen LogP contribution >= 0.6 is 0 Å². The Morgan fingerprint density at radius 3 is 2.25 bits per heavy atom. The molecular formula is C19H26N+. The maximum absolute atomic E-state index is 2.34. The molecule has 0 radical (unpaired) electrons. The summed E-state index contributed by atoms with van der Waals surface area (Å²) >= 11 is 0. The third kappa shape index (κ3) is 3.09. The molecule has 1 heteroatoms. The van der Waals surface area contributed by atoms with Crippen molar-refractivity contribution in [2.75, 3.05) is 0 Å². The largest absolute Gasteiger partial charge is 0.215 e. The van der Waals surface area contributed by atoms with Crippen LogP contribution in [0.1, 0.15) is 36.1 Å². The van der Waals surface area contributed by atoms with Crippen molar-refractivity contribution in [3.8, 4) is 11.3 Å². The van der Waals surface area contributed by atoms with E-state index >= 15 is 0 Å². The van der Waals surface area contributed by atoms with Crippen molar-refractivity contribution < 1.29 is 4.57 Å². The van der Waals surface area contributed by atoms with Gasteiger partial charge in [-0.3, -0.25) is 0 Å². The fraction of sp³-hybridized carbons (Fsp3) is 0.421. The summed E-state index contributed by atoms with van der Waals surface area (Å²) in [7, 11) is 2.14. The van der Waals surface area contributed by atoms with E-state index in [1.54, 1.807) is 0 Å². The van der Waals surface area contributed by atoms with Gasteiger partial charge in [0.15, 0.2) is 6.20 Å². The molecule has 0 saturated carbocycles. The zero-order valence-corrected chi connectivity index (χ0v) is 13.6.